The molecule has 1 amide bonds. The van der Waals surface area contributed by atoms with Gasteiger partial charge in [-0.15, -0.1) is 0 Å². The first-order valence-corrected chi connectivity index (χ1v) is 5.59. The summed E-state index contributed by atoms with van der Waals surface area (Å²) in [6.07, 6.45) is 0. The monoisotopic (exact) mass is 321 g/mol. The van der Waals surface area contributed by atoms with E-state index in [0.29, 0.717) is 12.4 Å². The van der Waals surface area contributed by atoms with Crippen LogP contribution in [0.3, 0.4) is 0 Å². The predicted octanol–water partition coefficient (Wildman–Crippen LogP) is 1.74. The summed E-state index contributed by atoms with van der Waals surface area (Å²) in [5.41, 5.74) is 2.25. The standard InChI is InChI=1S/C10H12INO3/c1-2-15-12-10(13)7-14-9-5-3-8(11)4-6-9/h3-6H,2,7H2,1H3,(H,12,13). The van der Waals surface area contributed by atoms with Gasteiger partial charge in [0.15, 0.2) is 6.61 Å². The Labute approximate surface area is 102 Å². The van der Waals surface area contributed by atoms with Crippen molar-refractivity contribution in [2.24, 2.45) is 0 Å². The first-order chi connectivity index (χ1) is 7.22. The number of nitrogens with one attached hydrogen (secondary N) is 1. The van der Waals surface area contributed by atoms with Crippen molar-refractivity contribution in [2.75, 3.05) is 13.2 Å². The van der Waals surface area contributed by atoms with Crippen LogP contribution in [0.5, 0.6) is 5.75 Å². The lowest BCUT2D eigenvalue weighted by atomic mass is 10.3. The minimum atomic E-state index is -0.296. The van der Waals surface area contributed by atoms with Gasteiger partial charge in [0.1, 0.15) is 5.75 Å². The van der Waals surface area contributed by atoms with Crippen LogP contribution in [-0.2, 0) is 9.63 Å². The molecule has 0 saturated heterocycles. The van der Waals surface area contributed by atoms with Crippen molar-refractivity contribution in [3.8, 4) is 5.75 Å². The fourth-order valence-electron chi connectivity index (χ4n) is 0.862. The number of hydroxylamine groups is 1. The number of hydrogen-bond donors (Lipinski definition) is 1. The van der Waals surface area contributed by atoms with Crippen LogP contribution in [0.25, 0.3) is 0 Å². The summed E-state index contributed by atoms with van der Waals surface area (Å²) in [7, 11) is 0. The van der Waals surface area contributed by atoms with Gasteiger partial charge in [0.25, 0.3) is 5.91 Å². The minimum Gasteiger partial charge on any atom is -0.484 e. The Morgan fingerprint density at radius 1 is 1.40 bits per heavy atom. The molecule has 15 heavy (non-hydrogen) atoms. The molecule has 0 aromatic heterocycles. The largest absolute Gasteiger partial charge is 0.484 e. The lowest BCUT2D eigenvalue weighted by molar-refractivity contribution is -0.135. The predicted molar refractivity (Wildman–Crippen MR) is 64.4 cm³/mol. The minimum absolute atomic E-state index is 0.0411. The average Bonchev–Trinajstić information content (AvgIpc) is 2.25. The van der Waals surface area contributed by atoms with E-state index >= 15 is 0 Å². The molecule has 1 N–H and O–H groups in total. The zero-order valence-electron chi connectivity index (χ0n) is 8.33. The molecule has 0 aliphatic heterocycles. The van der Waals surface area contributed by atoms with Crippen molar-refractivity contribution in [1.82, 2.24) is 5.48 Å². The molecule has 0 aliphatic carbocycles. The fourth-order valence-corrected chi connectivity index (χ4v) is 1.22. The highest BCUT2D eigenvalue weighted by atomic mass is 127. The van der Waals surface area contributed by atoms with E-state index < -0.39 is 0 Å². The normalized spacial score (nSPS) is 9.73. The van der Waals surface area contributed by atoms with Crippen molar-refractivity contribution in [1.29, 1.82) is 0 Å². The molecule has 1 rings (SSSR count). The van der Waals surface area contributed by atoms with Gasteiger partial charge in [-0.3, -0.25) is 9.63 Å². The van der Waals surface area contributed by atoms with E-state index in [0.717, 1.165) is 3.57 Å². The SMILES string of the molecule is CCONC(=O)COc1ccc(I)cc1. The molecule has 0 bridgehead atoms. The maximum absolute atomic E-state index is 11.1. The Morgan fingerprint density at radius 2 is 2.07 bits per heavy atom. The summed E-state index contributed by atoms with van der Waals surface area (Å²) in [5, 5.41) is 0. The zero-order chi connectivity index (χ0) is 11.1. The van der Waals surface area contributed by atoms with Gasteiger partial charge in [0.2, 0.25) is 0 Å². The second kappa shape index (κ2) is 6.62. The smallest absolute Gasteiger partial charge is 0.281 e. The average molecular weight is 321 g/mol. The molecule has 0 heterocycles. The topological polar surface area (TPSA) is 47.6 Å². The third-order valence-electron chi connectivity index (χ3n) is 1.51. The number of carbonyl (C=O) groups is 1. The van der Waals surface area contributed by atoms with Crippen LogP contribution < -0.4 is 10.2 Å². The summed E-state index contributed by atoms with van der Waals surface area (Å²) in [6.45, 7) is 2.19. The third-order valence-corrected chi connectivity index (χ3v) is 2.23. The van der Waals surface area contributed by atoms with Gasteiger partial charge < -0.3 is 4.74 Å². The molecule has 1 aromatic carbocycles. The number of carbonyl (C=O) groups excluding carboxylic acids is 1. The van der Waals surface area contributed by atoms with Crippen LogP contribution in [0.2, 0.25) is 0 Å². The Kier molecular flexibility index (Phi) is 5.41. The number of hydrogen-bond acceptors (Lipinski definition) is 3. The van der Waals surface area contributed by atoms with Crippen LogP contribution in [0.1, 0.15) is 6.92 Å². The number of halogens is 1. The van der Waals surface area contributed by atoms with Gasteiger partial charge in [-0.1, -0.05) is 0 Å². The maximum Gasteiger partial charge on any atom is 0.281 e. The number of ether oxygens (including phenoxy) is 1. The second-order valence-corrected chi connectivity index (χ2v) is 3.95. The van der Waals surface area contributed by atoms with E-state index in [9.17, 15) is 4.79 Å². The lowest BCUT2D eigenvalue weighted by Gasteiger charge is -2.06. The van der Waals surface area contributed by atoms with Gasteiger partial charge in [0.05, 0.1) is 6.61 Å². The summed E-state index contributed by atoms with van der Waals surface area (Å²) in [5.74, 6) is 0.373. The van der Waals surface area contributed by atoms with Gasteiger partial charge in [-0.25, -0.2) is 5.48 Å². The maximum atomic E-state index is 11.1. The molecule has 1 aromatic rings. The highest BCUT2D eigenvalue weighted by molar-refractivity contribution is 14.1. The van der Waals surface area contributed by atoms with E-state index in [1.807, 2.05) is 24.3 Å². The molecular weight excluding hydrogens is 309 g/mol. The Bertz CT molecular complexity index is 313. The van der Waals surface area contributed by atoms with Crippen LogP contribution in [-0.4, -0.2) is 19.1 Å². The molecule has 0 spiro atoms. The quantitative estimate of drug-likeness (QED) is 0.664. The van der Waals surface area contributed by atoms with Crippen molar-refractivity contribution in [3.05, 3.63) is 27.8 Å². The van der Waals surface area contributed by atoms with Crippen LogP contribution >= 0.6 is 22.6 Å². The van der Waals surface area contributed by atoms with Gasteiger partial charge >= 0.3 is 0 Å². The Hall–Kier alpha value is -0.820. The third kappa shape index (κ3) is 4.98. The molecule has 82 valence electrons. The van der Waals surface area contributed by atoms with Crippen molar-refractivity contribution in [2.45, 2.75) is 6.92 Å². The summed E-state index contributed by atoms with van der Waals surface area (Å²) in [4.78, 5) is 15.8. The highest BCUT2D eigenvalue weighted by Gasteiger charge is 2.01. The van der Waals surface area contributed by atoms with Crippen molar-refractivity contribution < 1.29 is 14.4 Å². The zero-order valence-corrected chi connectivity index (χ0v) is 10.5. The molecule has 5 heteroatoms. The van der Waals surface area contributed by atoms with Crippen LogP contribution in [0.4, 0.5) is 0 Å². The fraction of sp³-hybridized carbons (Fsp3) is 0.300. The summed E-state index contributed by atoms with van der Waals surface area (Å²) >= 11 is 2.20. The molecule has 4 nitrogen and oxygen atoms in total. The van der Waals surface area contributed by atoms with Gasteiger partial charge in [-0.2, -0.15) is 0 Å². The second-order valence-electron chi connectivity index (χ2n) is 2.70. The van der Waals surface area contributed by atoms with E-state index in [1.54, 1.807) is 6.92 Å². The van der Waals surface area contributed by atoms with Crippen molar-refractivity contribution in [3.63, 3.8) is 0 Å². The van der Waals surface area contributed by atoms with Gasteiger partial charge in [0, 0.05) is 3.57 Å². The molecule has 0 unspecified atom stereocenters. The molecule has 0 fully saturated rings. The van der Waals surface area contributed by atoms with Crippen molar-refractivity contribution >= 4 is 28.5 Å². The Balaban J connectivity index is 2.30. The molecular formula is C10H12INO3. The molecule has 0 aliphatic rings. The number of amides is 1. The molecule has 0 atom stereocenters. The van der Waals surface area contributed by atoms with E-state index in [4.69, 9.17) is 9.57 Å². The van der Waals surface area contributed by atoms with E-state index in [-0.39, 0.29) is 12.5 Å². The first kappa shape index (κ1) is 12.3. The highest BCUT2D eigenvalue weighted by Crippen LogP contribution is 2.12. The van der Waals surface area contributed by atoms with Crippen LogP contribution in [0, 0.1) is 3.57 Å². The Morgan fingerprint density at radius 3 is 2.67 bits per heavy atom. The summed E-state index contributed by atoms with van der Waals surface area (Å²) in [6, 6.07) is 7.46. The van der Waals surface area contributed by atoms with Crippen LogP contribution in [0.15, 0.2) is 24.3 Å². The number of benzene rings is 1. The summed E-state index contributed by atoms with van der Waals surface area (Å²) < 4.78 is 6.35. The van der Waals surface area contributed by atoms with E-state index in [1.165, 1.54) is 0 Å². The van der Waals surface area contributed by atoms with E-state index in [2.05, 4.69) is 28.1 Å². The molecule has 0 saturated carbocycles. The molecule has 0 radical (unpaired) electrons. The first-order valence-electron chi connectivity index (χ1n) is 4.51. The lowest BCUT2D eigenvalue weighted by Crippen LogP contribution is -2.28. The van der Waals surface area contributed by atoms with Gasteiger partial charge in [-0.05, 0) is 53.8 Å². The number of rotatable bonds is 5.